The highest BCUT2D eigenvalue weighted by Gasteiger charge is 2.32. The normalized spacial score (nSPS) is 14.8. The van der Waals surface area contributed by atoms with Crippen LogP contribution >= 0.6 is 0 Å². The Balaban J connectivity index is 2.08. The van der Waals surface area contributed by atoms with Gasteiger partial charge in [-0.1, -0.05) is 39.2 Å². The maximum absolute atomic E-state index is 13.4. The predicted octanol–water partition coefficient (Wildman–Crippen LogP) is 5.81. The number of anilines is 1. The van der Waals surface area contributed by atoms with Crippen molar-refractivity contribution in [1.29, 1.82) is 0 Å². The van der Waals surface area contributed by atoms with Gasteiger partial charge in [0.1, 0.15) is 0 Å². The minimum absolute atomic E-state index is 0.0618. The van der Waals surface area contributed by atoms with E-state index in [0.717, 1.165) is 55.4 Å². The molecule has 1 unspecified atom stereocenters. The molecule has 0 radical (unpaired) electrons. The molecule has 1 aliphatic heterocycles. The van der Waals surface area contributed by atoms with Gasteiger partial charge < -0.3 is 15.8 Å². The Bertz CT molecular complexity index is 1010. The van der Waals surface area contributed by atoms with E-state index in [4.69, 9.17) is 10.5 Å². The molecule has 0 fully saturated rings. The third-order valence-corrected chi connectivity index (χ3v) is 6.46. The van der Waals surface area contributed by atoms with E-state index in [1.165, 1.54) is 6.07 Å². The Morgan fingerprint density at radius 3 is 2.71 bits per heavy atom. The number of ether oxygens (including phenoxy) is 1. The van der Waals surface area contributed by atoms with Crippen LogP contribution in [0.15, 0.2) is 18.2 Å². The van der Waals surface area contributed by atoms with Crippen molar-refractivity contribution in [1.82, 2.24) is 10.2 Å². The lowest BCUT2D eigenvalue weighted by molar-refractivity contribution is -0.137. The summed E-state index contributed by atoms with van der Waals surface area (Å²) in [7, 11) is 0. The number of benzene rings is 1. The van der Waals surface area contributed by atoms with Crippen LogP contribution in [0.4, 0.5) is 19.0 Å². The molecular formula is C26H35F3N4O2. The van der Waals surface area contributed by atoms with E-state index in [1.807, 2.05) is 0 Å². The van der Waals surface area contributed by atoms with E-state index in [2.05, 4.69) is 29.4 Å². The van der Waals surface area contributed by atoms with Crippen LogP contribution in [0.5, 0.6) is 0 Å². The maximum atomic E-state index is 13.4. The van der Waals surface area contributed by atoms with Crippen LogP contribution < -0.4 is 11.1 Å². The molecule has 3 N–H and O–H groups in total. The first-order valence-corrected chi connectivity index (χ1v) is 12.5. The molecule has 0 bridgehead atoms. The van der Waals surface area contributed by atoms with Crippen molar-refractivity contribution in [2.45, 2.75) is 90.5 Å². The van der Waals surface area contributed by atoms with E-state index >= 15 is 0 Å². The van der Waals surface area contributed by atoms with Crippen molar-refractivity contribution in [2.75, 3.05) is 11.9 Å². The number of carbonyl (C=O) groups excluding carboxylic acids is 1. The molecule has 1 amide bonds. The highest BCUT2D eigenvalue weighted by molar-refractivity contribution is 5.75. The van der Waals surface area contributed by atoms with Gasteiger partial charge in [-0.2, -0.15) is 13.2 Å². The molecule has 192 valence electrons. The van der Waals surface area contributed by atoms with Crippen molar-refractivity contribution < 1.29 is 22.7 Å². The molecule has 3 rings (SSSR count). The summed E-state index contributed by atoms with van der Waals surface area (Å²) in [6.45, 7) is 4.75. The topological polar surface area (TPSA) is 90.1 Å². The van der Waals surface area contributed by atoms with Crippen LogP contribution in [-0.2, 0) is 35.2 Å². The molecule has 1 atom stereocenters. The molecule has 9 heteroatoms. The zero-order valence-corrected chi connectivity index (χ0v) is 20.5. The largest absolute Gasteiger partial charge is 0.416 e. The Morgan fingerprint density at radius 2 is 2.03 bits per heavy atom. The van der Waals surface area contributed by atoms with Crippen molar-refractivity contribution in [3.05, 3.63) is 40.5 Å². The maximum Gasteiger partial charge on any atom is 0.416 e. The van der Waals surface area contributed by atoms with E-state index < -0.39 is 17.6 Å². The summed E-state index contributed by atoms with van der Waals surface area (Å²) in [5.74, 6) is 0.208. The molecule has 0 spiro atoms. The second kappa shape index (κ2) is 12.3. The molecule has 1 aromatic carbocycles. The van der Waals surface area contributed by atoms with Gasteiger partial charge in [-0.05, 0) is 55.4 Å². The highest BCUT2D eigenvalue weighted by Crippen LogP contribution is 2.37. The van der Waals surface area contributed by atoms with Gasteiger partial charge in [-0.3, -0.25) is 4.79 Å². The van der Waals surface area contributed by atoms with Crippen LogP contribution in [0.3, 0.4) is 0 Å². The number of carbonyl (C=O) groups is 1. The van der Waals surface area contributed by atoms with Crippen molar-refractivity contribution >= 4 is 11.7 Å². The van der Waals surface area contributed by atoms with Gasteiger partial charge in [0.2, 0.25) is 5.91 Å². The number of rotatable bonds is 10. The number of hydrogen-bond donors (Lipinski definition) is 2. The summed E-state index contributed by atoms with van der Waals surface area (Å²) in [5, 5.41) is 12.5. The number of aromatic nitrogens is 2. The van der Waals surface area contributed by atoms with Crippen molar-refractivity contribution in [3.63, 3.8) is 0 Å². The quantitative estimate of drug-likeness (QED) is 0.408. The summed E-state index contributed by atoms with van der Waals surface area (Å²) in [6.07, 6.45) is 2.67. The Hall–Kier alpha value is -2.68. The number of nitrogens with two attached hydrogens (primary N) is 1. The summed E-state index contributed by atoms with van der Waals surface area (Å²) >= 11 is 0. The zero-order valence-electron chi connectivity index (χ0n) is 20.5. The monoisotopic (exact) mass is 492 g/mol. The van der Waals surface area contributed by atoms with Gasteiger partial charge >= 0.3 is 6.18 Å². The van der Waals surface area contributed by atoms with E-state index in [-0.39, 0.29) is 19.1 Å². The molecule has 0 saturated heterocycles. The number of alkyl halides is 3. The standard InChI is InChI=1S/C26H35F3N4O2/c1-3-5-6-8-19(4-2)31-25-22(12-13-23(30)34)21-9-7-14-35-16-17-15-18(26(27,28)29)10-11-20(17)24(21)32-33-25/h10-11,15,19H,3-9,12-14,16H2,1-2H3,(H2,30,34)(H,31,33). The van der Waals surface area contributed by atoms with Crippen LogP contribution in [-0.4, -0.2) is 28.8 Å². The third kappa shape index (κ3) is 7.16. The second-order valence-electron chi connectivity index (χ2n) is 9.09. The molecule has 6 nitrogen and oxygen atoms in total. The van der Waals surface area contributed by atoms with Crippen LogP contribution in [0.25, 0.3) is 11.3 Å². The first kappa shape index (κ1) is 26.9. The molecule has 0 saturated carbocycles. The number of hydrogen-bond acceptors (Lipinski definition) is 5. The Kier molecular flexibility index (Phi) is 9.48. The van der Waals surface area contributed by atoms with Gasteiger partial charge in [0.05, 0.1) is 17.9 Å². The molecule has 1 aliphatic rings. The van der Waals surface area contributed by atoms with Crippen molar-refractivity contribution in [3.8, 4) is 11.3 Å². The number of halogens is 3. The second-order valence-corrected chi connectivity index (χ2v) is 9.09. The minimum Gasteiger partial charge on any atom is -0.377 e. The Labute approximate surface area is 204 Å². The molecule has 0 aliphatic carbocycles. The zero-order chi connectivity index (χ0) is 25.4. The molecular weight excluding hydrogens is 457 g/mol. The minimum atomic E-state index is -4.45. The van der Waals surface area contributed by atoms with E-state index in [9.17, 15) is 18.0 Å². The average molecular weight is 493 g/mol. The molecule has 35 heavy (non-hydrogen) atoms. The van der Waals surface area contributed by atoms with Crippen LogP contribution in [0.2, 0.25) is 0 Å². The van der Waals surface area contributed by atoms with Gasteiger partial charge in [-0.25, -0.2) is 0 Å². The molecule has 1 aromatic heterocycles. The lowest BCUT2D eigenvalue weighted by atomic mass is 9.92. The average Bonchev–Trinajstić information content (AvgIpc) is 2.90. The summed E-state index contributed by atoms with van der Waals surface area (Å²) in [4.78, 5) is 11.7. The fourth-order valence-corrected chi connectivity index (χ4v) is 4.49. The SMILES string of the molecule is CCCCCC(CC)Nc1nnc2c(c1CCC(N)=O)CCCOCc1cc(C(F)(F)F)ccc1-2. The highest BCUT2D eigenvalue weighted by atomic mass is 19.4. The summed E-state index contributed by atoms with van der Waals surface area (Å²) in [5.41, 5.74) is 8.03. The van der Waals surface area contributed by atoms with Gasteiger partial charge in [0, 0.05) is 30.2 Å². The smallest absolute Gasteiger partial charge is 0.377 e. The van der Waals surface area contributed by atoms with E-state index in [0.29, 0.717) is 48.5 Å². The van der Waals surface area contributed by atoms with Crippen molar-refractivity contribution in [2.24, 2.45) is 5.73 Å². The fourth-order valence-electron chi connectivity index (χ4n) is 4.49. The van der Waals surface area contributed by atoms with Crippen LogP contribution in [0.1, 0.15) is 81.0 Å². The number of primary amides is 1. The summed E-state index contributed by atoms with van der Waals surface area (Å²) in [6, 6.07) is 3.85. The number of amides is 1. The Morgan fingerprint density at radius 1 is 1.23 bits per heavy atom. The third-order valence-electron chi connectivity index (χ3n) is 6.46. The first-order chi connectivity index (χ1) is 16.7. The lowest BCUT2D eigenvalue weighted by Gasteiger charge is -2.22. The van der Waals surface area contributed by atoms with E-state index in [1.54, 1.807) is 0 Å². The number of unbranched alkanes of at least 4 members (excludes halogenated alkanes) is 2. The number of nitrogens with one attached hydrogen (secondary N) is 1. The molecule has 2 heterocycles. The van der Waals surface area contributed by atoms with Gasteiger partial charge in [0.25, 0.3) is 0 Å². The first-order valence-electron chi connectivity index (χ1n) is 12.5. The number of fused-ring (bicyclic) bond motifs is 3. The van der Waals surface area contributed by atoms with Gasteiger partial charge in [-0.15, -0.1) is 10.2 Å². The van der Waals surface area contributed by atoms with Crippen LogP contribution in [0, 0.1) is 0 Å². The fraction of sp³-hybridized carbons (Fsp3) is 0.577. The number of nitrogens with zero attached hydrogens (tertiary/aromatic N) is 2. The lowest BCUT2D eigenvalue weighted by Crippen LogP contribution is -2.22. The predicted molar refractivity (Wildman–Crippen MR) is 130 cm³/mol. The summed E-state index contributed by atoms with van der Waals surface area (Å²) < 4.78 is 45.7. The van der Waals surface area contributed by atoms with Gasteiger partial charge in [0.15, 0.2) is 5.82 Å². The molecule has 2 aromatic rings.